The molecule has 0 unspecified atom stereocenters. The van der Waals surface area contributed by atoms with Crippen molar-refractivity contribution in [2.75, 3.05) is 6.61 Å². The van der Waals surface area contributed by atoms with Gasteiger partial charge in [0.15, 0.2) is 0 Å². The summed E-state index contributed by atoms with van der Waals surface area (Å²) in [5, 5.41) is 1.18. The average Bonchev–Trinajstić information content (AvgIpc) is 3.04. The predicted molar refractivity (Wildman–Crippen MR) is 97.9 cm³/mol. The van der Waals surface area contributed by atoms with Crippen LogP contribution < -0.4 is 9.75 Å². The van der Waals surface area contributed by atoms with E-state index < -0.39 is 0 Å². The molecule has 1 heterocycles. The van der Waals surface area contributed by atoms with Gasteiger partial charge in [-0.25, -0.2) is 4.99 Å². The quantitative estimate of drug-likeness (QED) is 0.663. The van der Waals surface area contributed by atoms with Crippen molar-refractivity contribution in [3.8, 4) is 0 Å². The Labute approximate surface area is 138 Å². The van der Waals surface area contributed by atoms with E-state index in [-0.39, 0.29) is 0 Å². The van der Waals surface area contributed by atoms with Gasteiger partial charge in [-0.1, -0.05) is 33.3 Å². The Kier molecular flexibility index (Phi) is 6.69. The zero-order valence-corrected chi connectivity index (χ0v) is 15.1. The average molecular weight is 320 g/mol. The van der Waals surface area contributed by atoms with E-state index in [1.165, 1.54) is 54.2 Å². The molecule has 1 aliphatic carbocycles. The lowest BCUT2D eigenvalue weighted by atomic mass is 9.99. The van der Waals surface area contributed by atoms with E-state index in [1.807, 2.05) is 24.5 Å². The Morgan fingerprint density at radius 2 is 2.05 bits per heavy atom. The normalized spacial score (nSPS) is 15.6. The zero-order valence-electron chi connectivity index (χ0n) is 14.3. The summed E-state index contributed by atoms with van der Waals surface area (Å²) in [5.41, 5.74) is 1.44. The van der Waals surface area contributed by atoms with Crippen LogP contribution in [0.2, 0.25) is 0 Å². The molecule has 0 saturated carbocycles. The number of fused-ring (bicyclic) bond motifs is 1. The minimum absolute atomic E-state index is 0.636. The molecule has 22 heavy (non-hydrogen) atoms. The molecule has 0 N–H and O–H groups in total. The Morgan fingerprint density at radius 1 is 1.32 bits per heavy atom. The predicted octanol–water partition coefficient (Wildman–Crippen LogP) is 4.04. The highest BCUT2D eigenvalue weighted by Crippen LogP contribution is 2.22. The molecular weight excluding hydrogens is 290 g/mol. The van der Waals surface area contributed by atoms with Crippen LogP contribution in [-0.2, 0) is 17.6 Å². The molecule has 0 bridgehead atoms. The highest BCUT2D eigenvalue weighted by molar-refractivity contribution is 7.10. The maximum absolute atomic E-state index is 6.19. The zero-order chi connectivity index (χ0) is 15.9. The molecule has 1 aromatic heterocycles. The number of hydrogen-bond donors (Lipinski definition) is 0. The summed E-state index contributed by atoms with van der Waals surface area (Å²) >= 11 is 1.83. The third-order valence-electron chi connectivity index (χ3n) is 4.30. The van der Waals surface area contributed by atoms with Crippen molar-refractivity contribution < 1.29 is 4.74 Å². The number of ether oxygens (including phenoxy) is 1. The summed E-state index contributed by atoms with van der Waals surface area (Å²) in [6.45, 7) is 11.5. The number of thiophene rings is 1. The minimum atomic E-state index is 0.636. The lowest BCUT2D eigenvalue weighted by molar-refractivity contribution is 0.194. The van der Waals surface area contributed by atoms with Crippen LogP contribution in [0.1, 0.15) is 63.3 Å². The van der Waals surface area contributed by atoms with Crippen molar-refractivity contribution in [3.63, 3.8) is 0 Å². The Hall–Kier alpha value is -1.09. The molecule has 0 aromatic carbocycles. The van der Waals surface area contributed by atoms with Crippen molar-refractivity contribution in [3.05, 3.63) is 20.2 Å². The van der Waals surface area contributed by atoms with Gasteiger partial charge in [0.1, 0.15) is 0 Å². The first-order valence-electron chi connectivity index (χ1n) is 8.66. The van der Waals surface area contributed by atoms with Crippen molar-refractivity contribution >= 4 is 30.0 Å². The van der Waals surface area contributed by atoms with Gasteiger partial charge >= 0.3 is 0 Å². The first kappa shape index (κ1) is 17.3. The summed E-state index contributed by atoms with van der Waals surface area (Å²) in [6.07, 6.45) is 10.3. The van der Waals surface area contributed by atoms with Crippen LogP contribution in [0.5, 0.6) is 0 Å². The van der Waals surface area contributed by atoms with E-state index in [2.05, 4.69) is 25.4 Å². The van der Waals surface area contributed by atoms with Crippen LogP contribution in [0.3, 0.4) is 0 Å². The SMILES string of the molecule is C=c1sc2c(/c1=C(/N=CC)OCC(CCC)CCC)CCC2. The Bertz CT molecular complexity index is 608. The number of aliphatic imine (C=N–C) groups is 1. The summed E-state index contributed by atoms with van der Waals surface area (Å²) in [6, 6.07) is 0. The third kappa shape index (κ3) is 4.01. The number of nitrogens with zero attached hydrogens (tertiary/aromatic N) is 1. The molecule has 0 atom stereocenters. The molecule has 0 radical (unpaired) electrons. The lowest BCUT2D eigenvalue weighted by Gasteiger charge is -2.16. The van der Waals surface area contributed by atoms with Crippen LogP contribution >= 0.6 is 11.3 Å². The Balaban J connectivity index is 2.27. The summed E-state index contributed by atoms with van der Waals surface area (Å²) in [4.78, 5) is 6.02. The van der Waals surface area contributed by atoms with E-state index in [4.69, 9.17) is 4.74 Å². The van der Waals surface area contributed by atoms with Gasteiger partial charge in [-0.05, 0) is 50.5 Å². The topological polar surface area (TPSA) is 21.6 Å². The van der Waals surface area contributed by atoms with Gasteiger partial charge in [-0.3, -0.25) is 0 Å². The van der Waals surface area contributed by atoms with Crippen molar-refractivity contribution in [1.29, 1.82) is 0 Å². The first-order chi connectivity index (χ1) is 10.7. The number of rotatable bonds is 8. The van der Waals surface area contributed by atoms with E-state index in [0.717, 1.165) is 23.4 Å². The molecular formula is C19H29NOS. The molecule has 3 heteroatoms. The molecule has 0 fully saturated rings. The second-order valence-electron chi connectivity index (χ2n) is 6.10. The summed E-state index contributed by atoms with van der Waals surface area (Å²) in [5.74, 6) is 1.43. The van der Waals surface area contributed by atoms with Crippen LogP contribution in [-0.4, -0.2) is 12.8 Å². The fraction of sp³-hybridized carbons (Fsp3) is 0.632. The maximum Gasteiger partial charge on any atom is 0.222 e. The molecule has 1 aromatic rings. The monoisotopic (exact) mass is 319 g/mol. The van der Waals surface area contributed by atoms with Gasteiger partial charge in [-0.15, -0.1) is 11.3 Å². The van der Waals surface area contributed by atoms with Crippen LogP contribution in [0.15, 0.2) is 4.99 Å². The second-order valence-corrected chi connectivity index (χ2v) is 7.29. The van der Waals surface area contributed by atoms with Gasteiger partial charge in [0.05, 0.1) is 11.8 Å². The highest BCUT2D eigenvalue weighted by Gasteiger charge is 2.18. The van der Waals surface area contributed by atoms with E-state index >= 15 is 0 Å². The van der Waals surface area contributed by atoms with Gasteiger partial charge in [0.2, 0.25) is 5.88 Å². The molecule has 2 rings (SSSR count). The molecule has 2 nitrogen and oxygen atoms in total. The van der Waals surface area contributed by atoms with E-state index in [9.17, 15) is 0 Å². The number of aryl methyl sites for hydroxylation is 1. The summed E-state index contributed by atoms with van der Waals surface area (Å²) in [7, 11) is 0. The standard InChI is InChI=1S/C19H29NOS/c1-5-9-15(10-6-2)13-21-19(20-7-3)18-14(4)22-17-12-8-11-16(17)18/h7,15H,4-6,8-13H2,1-3H3/b19-18-,20-7?. The first-order valence-corrected chi connectivity index (χ1v) is 9.48. The summed E-state index contributed by atoms with van der Waals surface area (Å²) < 4.78 is 7.30. The van der Waals surface area contributed by atoms with Crippen LogP contribution in [0, 0.1) is 5.92 Å². The van der Waals surface area contributed by atoms with Crippen molar-refractivity contribution in [1.82, 2.24) is 0 Å². The van der Waals surface area contributed by atoms with Crippen molar-refractivity contribution in [2.45, 2.75) is 65.7 Å². The van der Waals surface area contributed by atoms with Gasteiger partial charge in [0.25, 0.3) is 0 Å². The fourth-order valence-electron chi connectivity index (χ4n) is 3.32. The van der Waals surface area contributed by atoms with E-state index in [0.29, 0.717) is 5.92 Å². The van der Waals surface area contributed by atoms with Gasteiger partial charge < -0.3 is 4.74 Å². The smallest absolute Gasteiger partial charge is 0.222 e. The highest BCUT2D eigenvalue weighted by atomic mass is 32.1. The van der Waals surface area contributed by atoms with Gasteiger partial charge in [0, 0.05) is 15.6 Å². The van der Waals surface area contributed by atoms with E-state index in [1.54, 1.807) is 0 Å². The Morgan fingerprint density at radius 3 is 2.68 bits per heavy atom. The largest absolute Gasteiger partial charge is 0.477 e. The van der Waals surface area contributed by atoms with Gasteiger partial charge in [-0.2, -0.15) is 0 Å². The molecule has 0 aliphatic heterocycles. The van der Waals surface area contributed by atoms with Crippen molar-refractivity contribution in [2.24, 2.45) is 10.9 Å². The lowest BCUT2D eigenvalue weighted by Crippen LogP contribution is -2.25. The molecule has 0 saturated heterocycles. The number of hydrogen-bond acceptors (Lipinski definition) is 3. The van der Waals surface area contributed by atoms with Crippen LogP contribution in [0.4, 0.5) is 0 Å². The fourth-order valence-corrected chi connectivity index (χ4v) is 4.51. The molecule has 122 valence electrons. The maximum atomic E-state index is 6.19. The molecule has 0 spiro atoms. The minimum Gasteiger partial charge on any atom is -0.477 e. The molecule has 0 amide bonds. The molecule has 1 aliphatic rings. The second kappa shape index (κ2) is 8.52. The third-order valence-corrected chi connectivity index (χ3v) is 5.45. The van der Waals surface area contributed by atoms with Crippen LogP contribution in [0.25, 0.3) is 12.5 Å².